The highest BCUT2D eigenvalue weighted by Crippen LogP contribution is 2.42. The Morgan fingerprint density at radius 2 is 1.35 bits per heavy atom. The fourth-order valence-corrected chi connectivity index (χ4v) is 10.5. The molecule has 0 amide bonds. The average Bonchev–Trinajstić information content (AvgIpc) is 3.41. The van der Waals surface area contributed by atoms with Gasteiger partial charge in [0.2, 0.25) is 0 Å². The Labute approximate surface area is 262 Å². The first-order chi connectivity index (χ1) is 20.8. The molecule has 3 N–H and O–H groups in total. The van der Waals surface area contributed by atoms with E-state index in [1.807, 2.05) is 6.92 Å². The van der Waals surface area contributed by atoms with E-state index in [1.165, 1.54) is 102 Å². The number of unbranched alkanes of at least 4 members (excludes halogenated alkanes) is 14. The van der Waals surface area contributed by atoms with E-state index in [0.717, 1.165) is 19.3 Å². The van der Waals surface area contributed by atoms with Crippen LogP contribution in [0, 0.1) is 0 Å². The van der Waals surface area contributed by atoms with Crippen LogP contribution in [-0.2, 0) is 20.4 Å². The summed E-state index contributed by atoms with van der Waals surface area (Å²) in [6.45, 7) is 9.82. The maximum absolute atomic E-state index is 12.4. The molecule has 2 heterocycles. The van der Waals surface area contributed by atoms with Crippen molar-refractivity contribution in [1.29, 1.82) is 0 Å². The zero-order valence-corrected chi connectivity index (χ0v) is 29.7. The predicted molar refractivity (Wildman–Crippen MR) is 182 cm³/mol. The maximum Gasteiger partial charge on any atom is 0.353 e. The second kappa shape index (κ2) is 21.4. The second-order valence-electron chi connectivity index (χ2n) is 12.5. The minimum absolute atomic E-state index is 0.284. The van der Waals surface area contributed by atoms with Crippen LogP contribution in [0.2, 0.25) is 24.2 Å². The van der Waals surface area contributed by atoms with Crippen molar-refractivity contribution in [3.63, 3.8) is 0 Å². The lowest BCUT2D eigenvalue weighted by Crippen LogP contribution is -2.30. The molecule has 0 aliphatic rings. The molecule has 0 aliphatic carbocycles. The zero-order chi connectivity index (χ0) is 31.4. The molecule has 248 valence electrons. The van der Waals surface area contributed by atoms with Crippen LogP contribution >= 0.6 is 7.60 Å². The van der Waals surface area contributed by atoms with Crippen LogP contribution in [0.3, 0.4) is 0 Å². The summed E-state index contributed by atoms with van der Waals surface area (Å²) in [6, 6.07) is 5.98. The SMILES string of the molecule is CC[Si](CC)(CC)CCCCCCCCCCCCCCCCCOP(=O)(O)CO[C@H](C)Cn1cnc2c(N)ncnc21. The molecule has 0 fully saturated rings. The monoisotopic (exact) mass is 639 g/mol. The molecule has 0 aliphatic heterocycles. The van der Waals surface area contributed by atoms with Gasteiger partial charge in [0.05, 0.1) is 33.7 Å². The molecule has 2 aromatic rings. The Kier molecular flexibility index (Phi) is 18.9. The van der Waals surface area contributed by atoms with Gasteiger partial charge in [-0.3, -0.25) is 4.57 Å². The largest absolute Gasteiger partial charge is 0.382 e. The van der Waals surface area contributed by atoms with E-state index >= 15 is 0 Å². The topological polar surface area (TPSA) is 125 Å². The van der Waals surface area contributed by atoms with Crippen LogP contribution in [0.1, 0.15) is 124 Å². The standard InChI is InChI=1S/C32H62N5O4PSi/c1-5-43(6-2,7-3)24-22-20-18-16-14-12-10-8-9-11-13-15-17-19-21-23-41-42(38,39)28-40-29(4)25-37-27-36-30-31(33)34-26-35-32(30)37/h26-27,29H,5-25,28H2,1-4H3,(H,38,39)(H2,33,34,35)/t29-/m1/s1. The van der Waals surface area contributed by atoms with Crippen LogP contribution in [0.15, 0.2) is 12.7 Å². The third kappa shape index (κ3) is 15.0. The number of anilines is 1. The van der Waals surface area contributed by atoms with Gasteiger partial charge in [-0.15, -0.1) is 0 Å². The van der Waals surface area contributed by atoms with E-state index in [9.17, 15) is 9.46 Å². The van der Waals surface area contributed by atoms with Crippen molar-refractivity contribution in [1.82, 2.24) is 19.5 Å². The Bertz CT molecular complexity index is 1040. The summed E-state index contributed by atoms with van der Waals surface area (Å²) < 4.78 is 25.0. The van der Waals surface area contributed by atoms with Crippen molar-refractivity contribution in [3.8, 4) is 0 Å². The maximum atomic E-state index is 12.4. The number of rotatable bonds is 27. The minimum Gasteiger partial charge on any atom is -0.382 e. The molecule has 0 spiro atoms. The lowest BCUT2D eigenvalue weighted by atomic mass is 10.0. The third-order valence-corrected chi connectivity index (χ3v) is 16.3. The van der Waals surface area contributed by atoms with Crippen LogP contribution in [0.5, 0.6) is 0 Å². The number of hydrogen-bond donors (Lipinski definition) is 2. The molecule has 11 heteroatoms. The molecule has 2 atom stereocenters. The summed E-state index contributed by atoms with van der Waals surface area (Å²) in [4.78, 5) is 22.5. The number of nitrogens with two attached hydrogens (primary N) is 1. The normalized spacial score (nSPS) is 14.3. The van der Waals surface area contributed by atoms with E-state index in [-0.39, 0.29) is 19.1 Å². The van der Waals surface area contributed by atoms with Crippen molar-refractivity contribution in [3.05, 3.63) is 12.7 Å². The first kappa shape index (κ1) is 37.9. The highest BCUT2D eigenvalue weighted by Gasteiger charge is 2.25. The number of ether oxygens (including phenoxy) is 1. The fraction of sp³-hybridized carbons (Fsp3) is 0.844. The minimum atomic E-state index is -3.78. The predicted octanol–water partition coefficient (Wildman–Crippen LogP) is 9.33. The molecule has 0 bridgehead atoms. The van der Waals surface area contributed by atoms with Crippen molar-refractivity contribution >= 4 is 32.7 Å². The molecule has 1 unspecified atom stereocenters. The molecule has 0 saturated carbocycles. The molecule has 2 rings (SSSR count). The number of imidazole rings is 1. The third-order valence-electron chi connectivity index (χ3n) is 9.30. The Morgan fingerprint density at radius 3 is 1.88 bits per heavy atom. The van der Waals surface area contributed by atoms with Crippen molar-refractivity contribution < 1.29 is 18.7 Å². The van der Waals surface area contributed by atoms with E-state index in [1.54, 1.807) is 16.9 Å². The lowest BCUT2D eigenvalue weighted by molar-refractivity contribution is 0.0715. The van der Waals surface area contributed by atoms with Gasteiger partial charge in [-0.1, -0.05) is 135 Å². The van der Waals surface area contributed by atoms with Gasteiger partial charge in [0.15, 0.2) is 11.5 Å². The van der Waals surface area contributed by atoms with Gasteiger partial charge in [-0.25, -0.2) is 15.0 Å². The van der Waals surface area contributed by atoms with Crippen molar-refractivity contribution in [2.45, 2.75) is 161 Å². The van der Waals surface area contributed by atoms with Gasteiger partial charge >= 0.3 is 7.60 Å². The smallest absolute Gasteiger partial charge is 0.353 e. The summed E-state index contributed by atoms with van der Waals surface area (Å²) in [5.41, 5.74) is 6.96. The number of nitrogens with zero attached hydrogens (tertiary/aromatic N) is 4. The lowest BCUT2D eigenvalue weighted by Gasteiger charge is -2.28. The van der Waals surface area contributed by atoms with Gasteiger partial charge in [0, 0.05) is 0 Å². The summed E-state index contributed by atoms with van der Waals surface area (Å²) in [7, 11) is -4.67. The highest BCUT2D eigenvalue weighted by atomic mass is 31.2. The molecule has 0 saturated heterocycles. The van der Waals surface area contributed by atoms with Crippen LogP contribution < -0.4 is 5.73 Å². The van der Waals surface area contributed by atoms with Gasteiger partial charge in [0.1, 0.15) is 18.2 Å². The number of fused-ring (bicyclic) bond motifs is 1. The summed E-state index contributed by atoms with van der Waals surface area (Å²) in [5.74, 6) is 0.320. The van der Waals surface area contributed by atoms with Crippen molar-refractivity contribution in [2.24, 2.45) is 0 Å². The molecule has 9 nitrogen and oxygen atoms in total. The molecule has 0 aromatic carbocycles. The van der Waals surface area contributed by atoms with Crippen LogP contribution in [0.25, 0.3) is 11.2 Å². The van der Waals surface area contributed by atoms with E-state index < -0.39 is 15.7 Å². The summed E-state index contributed by atoms with van der Waals surface area (Å²) in [5, 5.41) is 0. The fourth-order valence-electron chi connectivity index (χ4n) is 6.01. The number of nitrogen functional groups attached to an aromatic ring is 1. The Hall–Kier alpha value is -1.32. The highest BCUT2D eigenvalue weighted by molar-refractivity contribution is 7.52. The number of hydrogen-bond acceptors (Lipinski definition) is 7. The quantitative estimate of drug-likeness (QED) is 0.0563. The second-order valence-corrected chi connectivity index (χ2v) is 19.9. The Balaban J connectivity index is 1.37. The van der Waals surface area contributed by atoms with E-state index in [2.05, 4.69) is 35.7 Å². The van der Waals surface area contributed by atoms with Gasteiger partial charge in [-0.05, 0) is 13.3 Å². The molecule has 43 heavy (non-hydrogen) atoms. The average molecular weight is 640 g/mol. The van der Waals surface area contributed by atoms with E-state index in [0.29, 0.717) is 23.5 Å². The summed E-state index contributed by atoms with van der Waals surface area (Å²) in [6.07, 6.45) is 21.9. The van der Waals surface area contributed by atoms with Crippen molar-refractivity contribution in [2.75, 3.05) is 18.7 Å². The van der Waals surface area contributed by atoms with Gasteiger partial charge in [0.25, 0.3) is 0 Å². The molecular weight excluding hydrogens is 577 g/mol. The first-order valence-electron chi connectivity index (χ1n) is 17.2. The van der Waals surface area contributed by atoms with Gasteiger partial charge < -0.3 is 24.5 Å². The van der Waals surface area contributed by atoms with E-state index in [4.69, 9.17) is 15.0 Å². The first-order valence-corrected chi connectivity index (χ1v) is 21.8. The summed E-state index contributed by atoms with van der Waals surface area (Å²) >= 11 is 0. The molecular formula is C32H62N5O4PSi. The molecule has 2 aromatic heterocycles. The van der Waals surface area contributed by atoms with Crippen LogP contribution in [0.4, 0.5) is 5.82 Å². The number of aromatic nitrogens is 4. The van der Waals surface area contributed by atoms with Crippen LogP contribution in [-0.4, -0.2) is 51.5 Å². The zero-order valence-electron chi connectivity index (χ0n) is 27.8. The van der Waals surface area contributed by atoms with Gasteiger partial charge in [-0.2, -0.15) is 0 Å². The Morgan fingerprint density at radius 1 is 0.837 bits per heavy atom. The molecule has 0 radical (unpaired) electrons.